The van der Waals surface area contributed by atoms with Gasteiger partial charge in [-0.1, -0.05) is 76.6 Å². The molecule has 0 saturated carbocycles. The molecule has 1 rings (SSSR count). The van der Waals surface area contributed by atoms with Crippen molar-refractivity contribution < 1.29 is 18.6 Å². The van der Waals surface area contributed by atoms with Gasteiger partial charge in [-0.3, -0.25) is 0 Å². The Morgan fingerprint density at radius 3 is 2.12 bits per heavy atom. The molecule has 3 atom stereocenters. The number of hydrogen-bond donors (Lipinski definition) is 2. The second kappa shape index (κ2) is 8.98. The zero-order valence-electron chi connectivity index (χ0n) is 16.4. The summed E-state index contributed by atoms with van der Waals surface area (Å²) in [5.41, 5.74) is -0.300. The van der Waals surface area contributed by atoms with Crippen LogP contribution in [0.5, 0.6) is 0 Å². The van der Waals surface area contributed by atoms with Crippen molar-refractivity contribution in [2.75, 3.05) is 0 Å². The van der Waals surface area contributed by atoms with Crippen molar-refractivity contribution in [1.82, 2.24) is 0 Å². The van der Waals surface area contributed by atoms with Gasteiger partial charge in [0.25, 0.3) is 0 Å². The molecule has 1 aromatic rings. The lowest BCUT2D eigenvalue weighted by Crippen LogP contribution is -2.45. The molecule has 0 saturated heterocycles. The second-order valence-electron chi connectivity index (χ2n) is 7.86. The lowest BCUT2D eigenvalue weighted by atomic mass is 9.89. The smallest absolute Gasteiger partial charge is 0.189 e. The summed E-state index contributed by atoms with van der Waals surface area (Å²) in [6, 6.07) is 8.18. The van der Waals surface area contributed by atoms with E-state index in [1.54, 1.807) is 55.5 Å². The molecule has 2 N–H and O–H groups in total. The molecule has 146 valence electrons. The number of benzene rings is 1. The first-order chi connectivity index (χ1) is 12.0. The zero-order valence-corrected chi connectivity index (χ0v) is 17.2. The number of allylic oxidation sites excluding steroid dienone is 2. The van der Waals surface area contributed by atoms with Crippen LogP contribution in [0.2, 0.25) is 0 Å². The van der Waals surface area contributed by atoms with Gasteiger partial charge in [0.15, 0.2) is 9.84 Å². The topological polar surface area (TPSA) is 74.6 Å². The average Bonchev–Trinajstić information content (AvgIpc) is 2.58. The van der Waals surface area contributed by atoms with Gasteiger partial charge >= 0.3 is 0 Å². The van der Waals surface area contributed by atoms with E-state index in [4.69, 9.17) is 0 Å². The molecule has 0 bridgehead atoms. The average molecular weight is 381 g/mol. The quantitative estimate of drug-likeness (QED) is 0.671. The Labute approximate surface area is 158 Å². The van der Waals surface area contributed by atoms with Crippen LogP contribution in [0.4, 0.5) is 0 Å². The monoisotopic (exact) mass is 380 g/mol. The molecule has 0 aromatic heterocycles. The summed E-state index contributed by atoms with van der Waals surface area (Å²) in [6.07, 6.45) is 5.73. The minimum Gasteiger partial charge on any atom is -0.391 e. The summed E-state index contributed by atoms with van der Waals surface area (Å²) < 4.78 is 24.9. The normalized spacial score (nSPS) is 18.1. The molecule has 0 aliphatic carbocycles. The van der Waals surface area contributed by atoms with Crippen molar-refractivity contribution in [3.63, 3.8) is 0 Å². The van der Waals surface area contributed by atoms with Gasteiger partial charge in [0.05, 0.1) is 17.1 Å². The van der Waals surface area contributed by atoms with Gasteiger partial charge in [0, 0.05) is 0 Å². The number of aliphatic hydroxyl groups is 2. The fraction of sp³-hybridized carbons (Fsp3) is 0.524. The van der Waals surface area contributed by atoms with Crippen LogP contribution >= 0.6 is 0 Å². The van der Waals surface area contributed by atoms with Gasteiger partial charge in [-0.15, -0.1) is 0 Å². The lowest BCUT2D eigenvalue weighted by Gasteiger charge is -2.31. The molecular weight excluding hydrogens is 348 g/mol. The Morgan fingerprint density at radius 2 is 1.62 bits per heavy atom. The summed E-state index contributed by atoms with van der Waals surface area (Å²) >= 11 is 0. The maximum Gasteiger partial charge on any atom is 0.189 e. The van der Waals surface area contributed by atoms with Crippen LogP contribution in [0.25, 0.3) is 0 Å². The van der Waals surface area contributed by atoms with Crippen LogP contribution in [-0.2, 0) is 9.84 Å². The first-order valence-electron chi connectivity index (χ1n) is 8.98. The molecule has 0 heterocycles. The third-order valence-electron chi connectivity index (χ3n) is 4.58. The van der Waals surface area contributed by atoms with Crippen LogP contribution in [0.15, 0.2) is 59.5 Å². The highest BCUT2D eigenvalue weighted by Crippen LogP contribution is 2.32. The van der Waals surface area contributed by atoms with E-state index in [-0.39, 0.29) is 10.3 Å². The van der Waals surface area contributed by atoms with E-state index < -0.39 is 26.8 Å². The van der Waals surface area contributed by atoms with Crippen LogP contribution in [-0.4, -0.2) is 35.6 Å². The minimum atomic E-state index is -3.78. The van der Waals surface area contributed by atoms with Crippen molar-refractivity contribution in [3.8, 4) is 0 Å². The van der Waals surface area contributed by atoms with Gasteiger partial charge in [-0.2, -0.15) is 0 Å². The first-order valence-corrected chi connectivity index (χ1v) is 10.5. The Balaban J connectivity index is 3.24. The van der Waals surface area contributed by atoms with Crippen LogP contribution in [0, 0.1) is 5.41 Å². The van der Waals surface area contributed by atoms with E-state index >= 15 is 0 Å². The maximum atomic E-state index is 13.2. The predicted molar refractivity (Wildman–Crippen MR) is 107 cm³/mol. The second-order valence-corrected chi connectivity index (χ2v) is 10.2. The highest BCUT2D eigenvalue weighted by atomic mass is 32.2. The van der Waals surface area contributed by atoms with E-state index in [1.807, 2.05) is 27.7 Å². The predicted octanol–water partition coefficient (Wildman–Crippen LogP) is 3.90. The molecule has 0 aliphatic rings. The van der Waals surface area contributed by atoms with Gasteiger partial charge < -0.3 is 10.2 Å². The van der Waals surface area contributed by atoms with Crippen molar-refractivity contribution >= 4 is 9.84 Å². The van der Waals surface area contributed by atoms with E-state index in [2.05, 4.69) is 0 Å². The number of rotatable bonds is 8. The third kappa shape index (κ3) is 5.29. The molecule has 4 nitrogen and oxygen atoms in total. The van der Waals surface area contributed by atoms with Crippen molar-refractivity contribution in [3.05, 3.63) is 54.6 Å². The van der Waals surface area contributed by atoms with Crippen molar-refractivity contribution in [2.24, 2.45) is 5.41 Å². The molecule has 0 spiro atoms. The molecule has 1 aromatic carbocycles. The van der Waals surface area contributed by atoms with E-state index in [1.165, 1.54) is 6.08 Å². The van der Waals surface area contributed by atoms with Gasteiger partial charge in [0.2, 0.25) is 0 Å². The summed E-state index contributed by atoms with van der Waals surface area (Å²) in [4.78, 5) is 0.181. The summed E-state index contributed by atoms with van der Waals surface area (Å²) in [7, 11) is -3.78. The van der Waals surface area contributed by atoms with Gasteiger partial charge in [-0.25, -0.2) is 8.42 Å². The van der Waals surface area contributed by atoms with Crippen LogP contribution < -0.4 is 0 Å². The molecule has 0 amide bonds. The number of aliphatic hydroxyl groups excluding tert-OH is 2. The van der Waals surface area contributed by atoms with Crippen LogP contribution in [0.1, 0.15) is 47.5 Å². The van der Waals surface area contributed by atoms with E-state index in [9.17, 15) is 18.6 Å². The molecule has 26 heavy (non-hydrogen) atoms. The van der Waals surface area contributed by atoms with Crippen LogP contribution in [0.3, 0.4) is 0 Å². The minimum absolute atomic E-state index is 0.181. The zero-order chi connectivity index (χ0) is 20.0. The number of sulfone groups is 1. The van der Waals surface area contributed by atoms with Gasteiger partial charge in [0.1, 0.15) is 4.75 Å². The van der Waals surface area contributed by atoms with Gasteiger partial charge in [-0.05, 0) is 30.9 Å². The summed E-state index contributed by atoms with van der Waals surface area (Å²) in [6.45, 7) is 9.20. The summed E-state index contributed by atoms with van der Waals surface area (Å²) in [5.74, 6) is 0. The lowest BCUT2D eigenvalue weighted by molar-refractivity contribution is 0.105. The highest BCUT2D eigenvalue weighted by molar-refractivity contribution is 7.93. The molecule has 0 fully saturated rings. The Bertz CT molecular complexity index is 714. The standard InChI is InChI=1S/C21H32O4S/c1-6-12-19(23)21(5,16-11-10-15-18(22)20(2,3)4)26(24,25)17-13-8-7-9-14-17/h7-11,13-16,18-19,22-23H,6,12H2,1-5H3/b15-10+,16-11+. The Hall–Kier alpha value is -1.43. The highest BCUT2D eigenvalue weighted by Gasteiger charge is 2.43. The Kier molecular flexibility index (Phi) is 7.81. The molecule has 5 heteroatoms. The molecule has 0 aliphatic heterocycles. The van der Waals surface area contributed by atoms with E-state index in [0.717, 1.165) is 0 Å². The molecular formula is C21H32O4S. The maximum absolute atomic E-state index is 13.2. The third-order valence-corrected chi connectivity index (χ3v) is 7.03. The fourth-order valence-electron chi connectivity index (χ4n) is 2.50. The molecule has 3 unspecified atom stereocenters. The summed E-state index contributed by atoms with van der Waals surface area (Å²) in [5, 5.41) is 20.7. The largest absolute Gasteiger partial charge is 0.391 e. The Morgan fingerprint density at radius 1 is 1.04 bits per heavy atom. The number of hydrogen-bond acceptors (Lipinski definition) is 4. The first kappa shape index (κ1) is 22.6. The van der Waals surface area contributed by atoms with Crippen molar-refractivity contribution in [2.45, 2.75) is 69.3 Å². The van der Waals surface area contributed by atoms with Crippen molar-refractivity contribution in [1.29, 1.82) is 0 Å². The molecule has 0 radical (unpaired) electrons. The van der Waals surface area contributed by atoms with E-state index in [0.29, 0.717) is 12.8 Å². The fourth-order valence-corrected chi connectivity index (χ4v) is 4.26. The SMILES string of the molecule is CCCC(O)C(C)(/C=C/C=C/C(O)C(C)(C)C)S(=O)(=O)c1ccccc1.